The normalized spacial score (nSPS) is 21.8. The number of nitrogens with zero attached hydrogens (tertiary/aromatic N) is 1. The van der Waals surface area contributed by atoms with E-state index < -0.39 is 0 Å². The summed E-state index contributed by atoms with van der Waals surface area (Å²) >= 11 is 0. The molecule has 0 atom stereocenters. The van der Waals surface area contributed by atoms with Crippen molar-refractivity contribution in [2.75, 3.05) is 13.7 Å². The molecule has 0 aromatic heterocycles. The summed E-state index contributed by atoms with van der Waals surface area (Å²) < 4.78 is 5.28. The first kappa shape index (κ1) is 12.5. The second-order valence-electron chi connectivity index (χ2n) is 4.41. The molecule has 88 valence electrons. The van der Waals surface area contributed by atoms with Gasteiger partial charge in [0.15, 0.2) is 5.90 Å². The van der Waals surface area contributed by atoms with Crippen LogP contribution in [0.3, 0.4) is 0 Å². The molecule has 0 aromatic rings. The molecule has 0 bridgehead atoms. The van der Waals surface area contributed by atoms with Crippen molar-refractivity contribution in [2.24, 2.45) is 4.99 Å². The molecule has 0 spiro atoms. The molecule has 0 unspecified atom stereocenters. The van der Waals surface area contributed by atoms with Gasteiger partial charge in [-0.2, -0.15) is 0 Å². The molecular weight excluding hydrogens is 186 g/mol. The fraction of sp³-hybridized carbons (Fsp3) is 0.923. The van der Waals surface area contributed by atoms with Gasteiger partial charge >= 0.3 is 0 Å². The van der Waals surface area contributed by atoms with Gasteiger partial charge in [0.1, 0.15) is 0 Å². The predicted octanol–water partition coefficient (Wildman–Crippen LogP) is 3.95. The largest absolute Gasteiger partial charge is 0.484 e. The van der Waals surface area contributed by atoms with Gasteiger partial charge in [-0.05, 0) is 12.8 Å². The Labute approximate surface area is 94.1 Å². The highest BCUT2D eigenvalue weighted by Crippen LogP contribution is 2.12. The first-order valence-corrected chi connectivity index (χ1v) is 6.51. The van der Waals surface area contributed by atoms with Gasteiger partial charge in [-0.3, -0.25) is 4.99 Å². The highest BCUT2D eigenvalue weighted by Gasteiger charge is 2.00. The molecule has 0 radical (unpaired) electrons. The minimum atomic E-state index is 0.961. The summed E-state index contributed by atoms with van der Waals surface area (Å²) in [6, 6.07) is 0. The topological polar surface area (TPSA) is 21.6 Å². The van der Waals surface area contributed by atoms with Crippen LogP contribution >= 0.6 is 0 Å². The second-order valence-corrected chi connectivity index (χ2v) is 4.41. The third-order valence-electron chi connectivity index (χ3n) is 3.07. The molecule has 1 aliphatic heterocycles. The zero-order valence-corrected chi connectivity index (χ0v) is 10.1. The van der Waals surface area contributed by atoms with Gasteiger partial charge in [0.05, 0.1) is 7.11 Å². The van der Waals surface area contributed by atoms with Gasteiger partial charge in [-0.15, -0.1) is 0 Å². The van der Waals surface area contributed by atoms with Crippen LogP contribution in [0.25, 0.3) is 0 Å². The van der Waals surface area contributed by atoms with Crippen molar-refractivity contribution in [3.63, 3.8) is 0 Å². The average Bonchev–Trinajstić information content (AvgIpc) is 2.29. The summed E-state index contributed by atoms with van der Waals surface area (Å²) in [5.41, 5.74) is 0. The van der Waals surface area contributed by atoms with Gasteiger partial charge in [0, 0.05) is 13.0 Å². The van der Waals surface area contributed by atoms with E-state index in [0.717, 1.165) is 18.9 Å². The van der Waals surface area contributed by atoms with Crippen LogP contribution < -0.4 is 0 Å². The van der Waals surface area contributed by atoms with Crippen molar-refractivity contribution in [2.45, 2.75) is 64.2 Å². The number of hydrogen-bond acceptors (Lipinski definition) is 2. The Bertz CT molecular complexity index is 177. The maximum atomic E-state index is 5.28. The van der Waals surface area contributed by atoms with Crippen molar-refractivity contribution in [3.8, 4) is 0 Å². The smallest absolute Gasteiger partial charge is 0.182 e. The SMILES string of the molecule is COC1=NCCCCCCCCCCC1. The number of hydrogen-bond donors (Lipinski definition) is 0. The Morgan fingerprint density at radius 1 is 0.800 bits per heavy atom. The van der Waals surface area contributed by atoms with Crippen LogP contribution in [0.5, 0.6) is 0 Å². The maximum absolute atomic E-state index is 5.28. The highest BCUT2D eigenvalue weighted by atomic mass is 16.5. The van der Waals surface area contributed by atoms with E-state index in [-0.39, 0.29) is 0 Å². The van der Waals surface area contributed by atoms with Crippen LogP contribution in [0.4, 0.5) is 0 Å². The van der Waals surface area contributed by atoms with Gasteiger partial charge in [0.25, 0.3) is 0 Å². The molecule has 1 rings (SSSR count). The van der Waals surface area contributed by atoms with Crippen molar-refractivity contribution in [1.82, 2.24) is 0 Å². The van der Waals surface area contributed by atoms with Crippen molar-refractivity contribution < 1.29 is 4.74 Å². The molecule has 2 heteroatoms. The number of methoxy groups -OCH3 is 1. The molecule has 0 saturated heterocycles. The lowest BCUT2D eigenvalue weighted by Gasteiger charge is -2.04. The van der Waals surface area contributed by atoms with E-state index in [1.54, 1.807) is 7.11 Å². The fourth-order valence-corrected chi connectivity index (χ4v) is 2.07. The minimum absolute atomic E-state index is 0.961. The number of aliphatic imine (C=N–C) groups is 1. The van der Waals surface area contributed by atoms with Crippen LogP contribution in [0.1, 0.15) is 64.2 Å². The molecule has 0 fully saturated rings. The monoisotopic (exact) mass is 211 g/mol. The second kappa shape index (κ2) is 8.75. The Balaban J connectivity index is 2.28. The van der Waals surface area contributed by atoms with Gasteiger partial charge in [0.2, 0.25) is 0 Å². The lowest BCUT2D eigenvalue weighted by Crippen LogP contribution is -2.02. The van der Waals surface area contributed by atoms with Gasteiger partial charge in [-0.1, -0.05) is 44.9 Å². The summed E-state index contributed by atoms with van der Waals surface area (Å²) in [6.07, 6.45) is 13.2. The van der Waals surface area contributed by atoms with Crippen molar-refractivity contribution >= 4 is 5.90 Å². The quantitative estimate of drug-likeness (QED) is 0.594. The summed E-state index contributed by atoms with van der Waals surface area (Å²) in [4.78, 5) is 4.50. The van der Waals surface area contributed by atoms with Crippen LogP contribution in [0, 0.1) is 0 Å². The molecule has 15 heavy (non-hydrogen) atoms. The molecule has 2 nitrogen and oxygen atoms in total. The summed E-state index contributed by atoms with van der Waals surface area (Å²) in [5.74, 6) is 0.967. The van der Waals surface area contributed by atoms with E-state index in [4.69, 9.17) is 4.74 Å². The molecule has 0 amide bonds. The van der Waals surface area contributed by atoms with E-state index in [9.17, 15) is 0 Å². The number of rotatable bonds is 0. The Kier molecular flexibility index (Phi) is 7.32. The lowest BCUT2D eigenvalue weighted by molar-refractivity contribution is 0.384. The third-order valence-corrected chi connectivity index (χ3v) is 3.07. The third kappa shape index (κ3) is 6.53. The van der Waals surface area contributed by atoms with Crippen molar-refractivity contribution in [1.29, 1.82) is 0 Å². The Morgan fingerprint density at radius 2 is 1.33 bits per heavy atom. The number of ether oxygens (including phenoxy) is 1. The first-order valence-electron chi connectivity index (χ1n) is 6.51. The van der Waals surface area contributed by atoms with Crippen molar-refractivity contribution in [3.05, 3.63) is 0 Å². The molecular formula is C13H25NO. The van der Waals surface area contributed by atoms with Crippen LogP contribution in [0.2, 0.25) is 0 Å². The summed E-state index contributed by atoms with van der Waals surface area (Å²) in [6.45, 7) is 0.961. The Morgan fingerprint density at radius 3 is 1.93 bits per heavy atom. The predicted molar refractivity (Wildman–Crippen MR) is 65.5 cm³/mol. The van der Waals surface area contributed by atoms with Crippen LogP contribution in [-0.2, 0) is 4.74 Å². The van der Waals surface area contributed by atoms with E-state index in [1.165, 1.54) is 57.8 Å². The van der Waals surface area contributed by atoms with Crippen LogP contribution in [-0.4, -0.2) is 19.6 Å². The molecule has 0 N–H and O–H groups in total. The molecule has 1 heterocycles. The molecule has 1 aliphatic rings. The Hall–Kier alpha value is -0.530. The average molecular weight is 211 g/mol. The van der Waals surface area contributed by atoms with E-state index in [2.05, 4.69) is 4.99 Å². The maximum Gasteiger partial charge on any atom is 0.182 e. The standard InChI is InChI=1S/C13H25NO/c1-15-13-11-9-7-5-3-2-4-6-8-10-12-14-13/h2-12H2,1H3. The minimum Gasteiger partial charge on any atom is -0.484 e. The molecule has 0 saturated carbocycles. The van der Waals surface area contributed by atoms with E-state index in [1.807, 2.05) is 0 Å². The first-order chi connectivity index (χ1) is 7.43. The van der Waals surface area contributed by atoms with Gasteiger partial charge in [-0.25, -0.2) is 0 Å². The van der Waals surface area contributed by atoms with Crippen LogP contribution in [0.15, 0.2) is 4.99 Å². The fourth-order valence-electron chi connectivity index (χ4n) is 2.07. The summed E-state index contributed by atoms with van der Waals surface area (Å²) in [7, 11) is 1.75. The zero-order chi connectivity index (χ0) is 10.8. The van der Waals surface area contributed by atoms with E-state index >= 15 is 0 Å². The molecule has 0 aliphatic carbocycles. The zero-order valence-electron chi connectivity index (χ0n) is 10.1. The van der Waals surface area contributed by atoms with E-state index in [0.29, 0.717) is 0 Å². The lowest BCUT2D eigenvalue weighted by atomic mass is 10.1. The molecule has 0 aromatic carbocycles. The highest BCUT2D eigenvalue weighted by molar-refractivity contribution is 5.75. The summed E-state index contributed by atoms with van der Waals surface area (Å²) in [5, 5.41) is 0. The van der Waals surface area contributed by atoms with Gasteiger partial charge < -0.3 is 4.74 Å².